The lowest BCUT2D eigenvalue weighted by Gasteiger charge is -2.13. The molecule has 4 rings (SSSR count). The van der Waals surface area contributed by atoms with E-state index in [1.54, 1.807) is 18.2 Å². The van der Waals surface area contributed by atoms with Crippen molar-refractivity contribution in [2.45, 2.75) is 12.7 Å². The third-order valence-corrected chi connectivity index (χ3v) is 5.88. The van der Waals surface area contributed by atoms with E-state index in [0.717, 1.165) is 34.4 Å². The van der Waals surface area contributed by atoms with E-state index in [4.69, 9.17) is 0 Å². The zero-order valence-corrected chi connectivity index (χ0v) is 18.3. The molecule has 1 saturated heterocycles. The summed E-state index contributed by atoms with van der Waals surface area (Å²) in [6.45, 7) is 0.0341. The summed E-state index contributed by atoms with van der Waals surface area (Å²) in [6, 6.07) is 19.7. The predicted octanol–water partition coefficient (Wildman–Crippen LogP) is 6.19. The van der Waals surface area contributed by atoms with Gasteiger partial charge in [-0.25, -0.2) is 0 Å². The van der Waals surface area contributed by atoms with Crippen molar-refractivity contribution in [3.8, 4) is 0 Å². The van der Waals surface area contributed by atoms with Crippen LogP contribution in [0.5, 0.6) is 0 Å². The molecular formula is C25H17F3N2O3S. The van der Waals surface area contributed by atoms with Gasteiger partial charge in [0.15, 0.2) is 0 Å². The fraction of sp³-hybridized carbons (Fsp3) is 0.0800. The number of amides is 3. The van der Waals surface area contributed by atoms with E-state index in [-0.39, 0.29) is 17.8 Å². The first-order valence-electron chi connectivity index (χ1n) is 10.1. The molecule has 3 amide bonds. The number of thioether (sulfide) groups is 1. The maximum Gasteiger partial charge on any atom is 0.416 e. The first kappa shape index (κ1) is 23.3. The molecule has 0 saturated carbocycles. The lowest BCUT2D eigenvalue weighted by atomic mass is 10.1. The maximum absolute atomic E-state index is 12.9. The summed E-state index contributed by atoms with van der Waals surface area (Å²) in [6.07, 6.45) is -2.85. The van der Waals surface area contributed by atoms with Gasteiger partial charge in [0.05, 0.1) is 17.0 Å². The number of imide groups is 1. The van der Waals surface area contributed by atoms with E-state index in [0.29, 0.717) is 10.5 Å². The fourth-order valence-corrected chi connectivity index (χ4v) is 4.10. The largest absolute Gasteiger partial charge is 0.416 e. The van der Waals surface area contributed by atoms with Crippen LogP contribution in [0.15, 0.2) is 83.8 Å². The summed E-state index contributed by atoms with van der Waals surface area (Å²) < 4.78 is 38.6. The highest BCUT2D eigenvalue weighted by atomic mass is 32.2. The van der Waals surface area contributed by atoms with Gasteiger partial charge >= 0.3 is 6.18 Å². The Hall–Kier alpha value is -3.85. The molecule has 0 bridgehead atoms. The smallest absolute Gasteiger partial charge is 0.322 e. The topological polar surface area (TPSA) is 66.5 Å². The van der Waals surface area contributed by atoms with Gasteiger partial charge in [0.2, 0.25) is 0 Å². The van der Waals surface area contributed by atoms with Gasteiger partial charge in [-0.15, -0.1) is 0 Å². The molecule has 1 N–H and O–H groups in total. The molecule has 5 nitrogen and oxygen atoms in total. The zero-order valence-electron chi connectivity index (χ0n) is 17.5. The normalized spacial score (nSPS) is 15.1. The molecule has 3 aromatic rings. The van der Waals surface area contributed by atoms with Crippen LogP contribution in [-0.4, -0.2) is 22.0 Å². The van der Waals surface area contributed by atoms with Crippen LogP contribution >= 0.6 is 11.8 Å². The van der Waals surface area contributed by atoms with Crippen LogP contribution in [0.4, 0.5) is 23.7 Å². The highest BCUT2D eigenvalue weighted by molar-refractivity contribution is 8.18. The number of nitrogens with one attached hydrogen (secondary N) is 1. The van der Waals surface area contributed by atoms with Crippen molar-refractivity contribution in [2.24, 2.45) is 0 Å². The Labute approximate surface area is 197 Å². The molecule has 9 heteroatoms. The van der Waals surface area contributed by atoms with Gasteiger partial charge in [0.25, 0.3) is 17.1 Å². The van der Waals surface area contributed by atoms with Crippen molar-refractivity contribution < 1.29 is 27.6 Å². The number of rotatable bonds is 5. The molecule has 0 unspecified atom stereocenters. The van der Waals surface area contributed by atoms with Gasteiger partial charge in [0.1, 0.15) is 0 Å². The highest BCUT2D eigenvalue weighted by Crippen LogP contribution is 2.33. The Bertz CT molecular complexity index is 1270. The molecule has 1 fully saturated rings. The maximum atomic E-state index is 12.9. The van der Waals surface area contributed by atoms with Gasteiger partial charge in [-0.05, 0) is 59.3 Å². The zero-order chi connectivity index (χ0) is 24.3. The molecule has 1 aliphatic rings. The number of carbonyl (C=O) groups is 3. The van der Waals surface area contributed by atoms with Gasteiger partial charge in [-0.1, -0.05) is 48.5 Å². The van der Waals surface area contributed by atoms with Gasteiger partial charge in [-0.3, -0.25) is 19.3 Å². The Balaban J connectivity index is 1.42. The lowest BCUT2D eigenvalue weighted by Crippen LogP contribution is -2.27. The van der Waals surface area contributed by atoms with Crippen molar-refractivity contribution in [1.82, 2.24) is 4.90 Å². The summed E-state index contributed by atoms with van der Waals surface area (Å²) >= 11 is 0.862. The monoisotopic (exact) mass is 482 g/mol. The minimum Gasteiger partial charge on any atom is -0.322 e. The van der Waals surface area contributed by atoms with Crippen LogP contribution < -0.4 is 5.32 Å². The van der Waals surface area contributed by atoms with Crippen molar-refractivity contribution in [3.05, 3.63) is 106 Å². The van der Waals surface area contributed by atoms with Crippen LogP contribution in [0.25, 0.3) is 6.08 Å². The van der Waals surface area contributed by atoms with Crippen LogP contribution in [0, 0.1) is 0 Å². The molecule has 0 aromatic heterocycles. The average molecular weight is 482 g/mol. The number of carbonyl (C=O) groups excluding carboxylic acids is 3. The molecule has 1 aliphatic heterocycles. The molecule has 172 valence electrons. The Morgan fingerprint density at radius 2 is 1.65 bits per heavy atom. The number of nitrogens with zero attached hydrogens (tertiary/aromatic N) is 1. The van der Waals surface area contributed by atoms with Crippen molar-refractivity contribution in [2.75, 3.05) is 5.32 Å². The third-order valence-electron chi connectivity index (χ3n) is 4.98. The van der Waals surface area contributed by atoms with Crippen LogP contribution in [0.2, 0.25) is 0 Å². The number of halogens is 3. The second-order valence-corrected chi connectivity index (χ2v) is 8.40. The van der Waals surface area contributed by atoms with E-state index >= 15 is 0 Å². The minimum atomic E-state index is -4.51. The summed E-state index contributed by atoms with van der Waals surface area (Å²) in [4.78, 5) is 38.9. The Morgan fingerprint density at radius 1 is 0.941 bits per heavy atom. The summed E-state index contributed by atoms with van der Waals surface area (Å²) in [5.74, 6) is -0.979. The van der Waals surface area contributed by atoms with Crippen LogP contribution in [0.3, 0.4) is 0 Å². The molecule has 1 heterocycles. The molecule has 0 spiro atoms. The average Bonchev–Trinajstić information content (AvgIpc) is 3.07. The van der Waals surface area contributed by atoms with Crippen LogP contribution in [0.1, 0.15) is 27.0 Å². The summed E-state index contributed by atoms with van der Waals surface area (Å²) in [5, 5.41) is 2.05. The quantitative estimate of drug-likeness (QED) is 0.440. The molecule has 0 radical (unpaired) electrons. The molecule has 0 aliphatic carbocycles. The van der Waals surface area contributed by atoms with E-state index in [9.17, 15) is 27.6 Å². The first-order valence-corrected chi connectivity index (χ1v) is 10.9. The van der Waals surface area contributed by atoms with Crippen LogP contribution in [-0.2, 0) is 17.5 Å². The standard InChI is InChI=1S/C25H17F3N2O3S/c26-25(27,28)19-7-4-8-20(14-19)29-22(31)18-11-9-17(10-12-18)15-30-23(32)21(34-24(30)33)13-16-5-2-1-3-6-16/h1-14H,15H2,(H,29,31)/b21-13-. The van der Waals surface area contributed by atoms with Gasteiger partial charge < -0.3 is 5.32 Å². The second kappa shape index (κ2) is 9.56. The fourth-order valence-electron chi connectivity index (χ4n) is 3.26. The molecular weight excluding hydrogens is 465 g/mol. The third kappa shape index (κ3) is 5.37. The molecule has 3 aromatic carbocycles. The van der Waals surface area contributed by atoms with Crippen molar-refractivity contribution in [1.29, 1.82) is 0 Å². The van der Waals surface area contributed by atoms with Gasteiger partial charge in [0, 0.05) is 11.3 Å². The number of anilines is 1. The number of hydrogen-bond donors (Lipinski definition) is 1. The van der Waals surface area contributed by atoms with E-state index in [1.165, 1.54) is 24.3 Å². The number of benzene rings is 3. The molecule has 0 atom stereocenters. The first-order chi connectivity index (χ1) is 16.2. The van der Waals surface area contributed by atoms with Gasteiger partial charge in [-0.2, -0.15) is 13.2 Å². The predicted molar refractivity (Wildman–Crippen MR) is 124 cm³/mol. The second-order valence-electron chi connectivity index (χ2n) is 7.41. The lowest BCUT2D eigenvalue weighted by molar-refractivity contribution is -0.137. The SMILES string of the molecule is O=C(Nc1cccc(C(F)(F)F)c1)c1ccc(CN2C(=O)S/C(=C\c3ccccc3)C2=O)cc1. The molecule has 34 heavy (non-hydrogen) atoms. The minimum absolute atomic E-state index is 0.0203. The Kier molecular flexibility index (Phi) is 6.56. The van der Waals surface area contributed by atoms with Crippen molar-refractivity contribution in [3.63, 3.8) is 0 Å². The summed E-state index contributed by atoms with van der Waals surface area (Å²) in [5.41, 5.74) is 0.813. The summed E-state index contributed by atoms with van der Waals surface area (Å²) in [7, 11) is 0. The number of hydrogen-bond acceptors (Lipinski definition) is 4. The van der Waals surface area contributed by atoms with E-state index < -0.39 is 28.8 Å². The highest BCUT2D eigenvalue weighted by Gasteiger charge is 2.35. The Morgan fingerprint density at radius 3 is 2.32 bits per heavy atom. The van der Waals surface area contributed by atoms with E-state index in [2.05, 4.69) is 5.32 Å². The number of alkyl halides is 3. The van der Waals surface area contributed by atoms with Crippen molar-refractivity contribution >= 4 is 40.6 Å². The van der Waals surface area contributed by atoms with E-state index in [1.807, 2.05) is 30.3 Å².